The lowest BCUT2D eigenvalue weighted by Gasteiger charge is -2.24. The number of nitrogens with zero attached hydrogens (tertiary/aromatic N) is 4. The molecule has 0 bridgehead atoms. The van der Waals surface area contributed by atoms with Crippen LogP contribution in [0.5, 0.6) is 0 Å². The van der Waals surface area contributed by atoms with Crippen molar-refractivity contribution in [2.75, 3.05) is 18.4 Å². The quantitative estimate of drug-likeness (QED) is 0.371. The fourth-order valence-corrected chi connectivity index (χ4v) is 4.21. The number of halogens is 4. The zero-order valence-corrected chi connectivity index (χ0v) is 19.3. The highest BCUT2D eigenvalue weighted by Crippen LogP contribution is 2.39. The van der Waals surface area contributed by atoms with Crippen LogP contribution < -0.4 is 10.6 Å². The Morgan fingerprint density at radius 1 is 1.18 bits per heavy atom. The van der Waals surface area contributed by atoms with Crippen molar-refractivity contribution in [2.45, 2.75) is 38.9 Å². The van der Waals surface area contributed by atoms with Gasteiger partial charge in [-0.05, 0) is 45.4 Å². The summed E-state index contributed by atoms with van der Waals surface area (Å²) in [5, 5.41) is 10.9. The maximum atomic E-state index is 13.8. The Kier molecular flexibility index (Phi) is 6.50. The third-order valence-electron chi connectivity index (χ3n) is 5.81. The van der Waals surface area contributed by atoms with Gasteiger partial charge in [0.15, 0.2) is 0 Å². The van der Waals surface area contributed by atoms with Gasteiger partial charge in [-0.25, -0.2) is 15.0 Å². The van der Waals surface area contributed by atoms with Crippen LogP contribution in [0.1, 0.15) is 29.9 Å². The van der Waals surface area contributed by atoms with E-state index in [-0.39, 0.29) is 30.1 Å². The van der Waals surface area contributed by atoms with Gasteiger partial charge in [-0.2, -0.15) is 13.2 Å². The molecule has 0 aromatic carbocycles. The number of anilines is 1. The summed E-state index contributed by atoms with van der Waals surface area (Å²) >= 11 is 0. The topological polar surface area (TPSA) is 105 Å². The molecule has 180 valence electrons. The van der Waals surface area contributed by atoms with Crippen molar-refractivity contribution in [1.82, 2.24) is 30.4 Å². The van der Waals surface area contributed by atoms with E-state index in [9.17, 15) is 13.2 Å². The highest BCUT2D eigenvalue weighted by molar-refractivity contribution is 5.94. The molecule has 34 heavy (non-hydrogen) atoms. The summed E-state index contributed by atoms with van der Waals surface area (Å²) in [6, 6.07) is 3.54. The predicted octanol–water partition coefficient (Wildman–Crippen LogP) is 4.90. The summed E-state index contributed by atoms with van der Waals surface area (Å²) in [5.74, 6) is 0.788. The van der Waals surface area contributed by atoms with Crippen molar-refractivity contribution in [3.05, 3.63) is 41.5 Å². The van der Waals surface area contributed by atoms with Crippen LogP contribution in [0.3, 0.4) is 0 Å². The van der Waals surface area contributed by atoms with Crippen LogP contribution in [0.2, 0.25) is 0 Å². The molecule has 5 rings (SSSR count). The number of alkyl halides is 3. The number of aryl methyl sites for hydroxylation is 2. The largest absolute Gasteiger partial charge is 0.419 e. The van der Waals surface area contributed by atoms with Gasteiger partial charge < -0.3 is 20.1 Å². The van der Waals surface area contributed by atoms with Gasteiger partial charge in [0.25, 0.3) is 0 Å². The van der Waals surface area contributed by atoms with E-state index in [2.05, 4.69) is 35.7 Å². The normalized spacial score (nSPS) is 16.4. The van der Waals surface area contributed by atoms with Gasteiger partial charge in [0.2, 0.25) is 5.95 Å². The van der Waals surface area contributed by atoms with E-state index >= 15 is 0 Å². The Hall–Kier alpha value is -3.18. The molecular weight excluding hydrogens is 471 g/mol. The Bertz CT molecular complexity index is 1290. The summed E-state index contributed by atoms with van der Waals surface area (Å²) in [5.41, 5.74) is 1.74. The molecule has 1 saturated heterocycles. The number of aromatic nitrogens is 5. The van der Waals surface area contributed by atoms with Gasteiger partial charge in [0.05, 0.1) is 22.6 Å². The van der Waals surface area contributed by atoms with Crippen molar-refractivity contribution in [3.8, 4) is 22.5 Å². The number of aromatic amines is 1. The monoisotopic (exact) mass is 493 g/mol. The molecule has 0 unspecified atom stereocenters. The predicted molar refractivity (Wildman–Crippen MR) is 124 cm³/mol. The smallest absolute Gasteiger partial charge is 0.361 e. The van der Waals surface area contributed by atoms with E-state index in [1.165, 1.54) is 6.20 Å². The number of pyridine rings is 1. The second kappa shape index (κ2) is 9.22. The number of piperidine rings is 1. The van der Waals surface area contributed by atoms with E-state index < -0.39 is 11.7 Å². The average molecular weight is 494 g/mol. The minimum Gasteiger partial charge on any atom is -0.361 e. The van der Waals surface area contributed by atoms with Crippen molar-refractivity contribution in [1.29, 1.82) is 0 Å². The van der Waals surface area contributed by atoms with Crippen LogP contribution >= 0.6 is 12.4 Å². The van der Waals surface area contributed by atoms with Gasteiger partial charge in [-0.15, -0.1) is 12.4 Å². The number of hydrogen-bond acceptors (Lipinski definition) is 7. The first-order valence-electron chi connectivity index (χ1n) is 10.6. The molecule has 0 spiro atoms. The van der Waals surface area contributed by atoms with Gasteiger partial charge in [0.1, 0.15) is 17.0 Å². The van der Waals surface area contributed by atoms with E-state index in [0.717, 1.165) is 31.1 Å². The molecule has 12 heteroatoms. The number of fused-ring (bicyclic) bond motifs is 1. The fraction of sp³-hybridized carbons (Fsp3) is 0.364. The molecule has 1 aliphatic heterocycles. The number of hydrogen-bond donors (Lipinski definition) is 3. The van der Waals surface area contributed by atoms with E-state index in [4.69, 9.17) is 4.52 Å². The van der Waals surface area contributed by atoms with E-state index in [1.807, 2.05) is 6.92 Å². The van der Waals surface area contributed by atoms with E-state index in [1.54, 1.807) is 19.1 Å². The molecule has 1 fully saturated rings. The minimum atomic E-state index is -4.60. The fourth-order valence-electron chi connectivity index (χ4n) is 4.21. The van der Waals surface area contributed by atoms with Crippen LogP contribution in [0.4, 0.5) is 19.1 Å². The molecule has 1 aliphatic rings. The zero-order chi connectivity index (χ0) is 23.2. The zero-order valence-electron chi connectivity index (χ0n) is 18.5. The average Bonchev–Trinajstić information content (AvgIpc) is 3.35. The molecule has 0 radical (unpaired) electrons. The third kappa shape index (κ3) is 4.45. The molecule has 0 aliphatic carbocycles. The van der Waals surface area contributed by atoms with Crippen molar-refractivity contribution < 1.29 is 17.7 Å². The summed E-state index contributed by atoms with van der Waals surface area (Å²) in [6.07, 6.45) is -0.390. The Labute approximate surface area is 199 Å². The summed E-state index contributed by atoms with van der Waals surface area (Å²) in [6.45, 7) is 5.23. The molecule has 5 heterocycles. The molecule has 1 atom stereocenters. The molecule has 4 aromatic rings. The van der Waals surface area contributed by atoms with Gasteiger partial charge in [-0.3, -0.25) is 0 Å². The third-order valence-corrected chi connectivity index (χ3v) is 5.81. The highest BCUT2D eigenvalue weighted by atomic mass is 35.5. The first-order valence-corrected chi connectivity index (χ1v) is 10.6. The van der Waals surface area contributed by atoms with Crippen LogP contribution in [-0.2, 0) is 6.18 Å². The first-order chi connectivity index (χ1) is 15.8. The molecule has 0 amide bonds. The summed E-state index contributed by atoms with van der Waals surface area (Å²) in [7, 11) is 0. The Morgan fingerprint density at radius 2 is 2.00 bits per heavy atom. The van der Waals surface area contributed by atoms with Crippen LogP contribution in [-0.4, -0.2) is 44.2 Å². The maximum absolute atomic E-state index is 13.8. The van der Waals surface area contributed by atoms with Crippen LogP contribution in [0, 0.1) is 13.8 Å². The number of nitrogens with one attached hydrogen (secondary N) is 3. The van der Waals surface area contributed by atoms with Gasteiger partial charge in [-0.1, -0.05) is 5.16 Å². The molecule has 4 aromatic heterocycles. The molecule has 0 saturated carbocycles. The SMILES string of the molecule is Cc1noc(C)c1-c1ccc2c(-c3nc(N[C@H]4CCCNC4)ncc3C(F)(F)F)c[nH]c2n1.Cl. The number of rotatable bonds is 4. The highest BCUT2D eigenvalue weighted by Gasteiger charge is 2.36. The summed E-state index contributed by atoms with van der Waals surface area (Å²) < 4.78 is 46.7. The Balaban J connectivity index is 0.00000274. The standard InChI is InChI=1S/C22H22F3N7O.ClH/c1-11-18(12(2)33-32-11)17-6-5-14-15(9-27-20(14)30-17)19-16(22(23,24)25)10-28-21(31-19)29-13-4-3-7-26-8-13;/h5-6,9-10,13,26H,3-4,7-8H2,1-2H3,(H,27,30)(H,28,29,31);1H/t13-;/m0./s1. The summed E-state index contributed by atoms with van der Waals surface area (Å²) in [4.78, 5) is 15.8. The minimum absolute atomic E-state index is 0. The second-order valence-electron chi connectivity index (χ2n) is 8.14. The lowest BCUT2D eigenvalue weighted by atomic mass is 10.1. The van der Waals surface area contributed by atoms with Crippen LogP contribution in [0.15, 0.2) is 29.0 Å². The lowest BCUT2D eigenvalue weighted by molar-refractivity contribution is -0.137. The molecule has 3 N–H and O–H groups in total. The maximum Gasteiger partial charge on any atom is 0.419 e. The van der Waals surface area contributed by atoms with Crippen molar-refractivity contribution in [3.63, 3.8) is 0 Å². The molecular formula is C22H23ClF3N7O. The van der Waals surface area contributed by atoms with Crippen molar-refractivity contribution in [2.24, 2.45) is 0 Å². The van der Waals surface area contributed by atoms with Crippen LogP contribution in [0.25, 0.3) is 33.5 Å². The van der Waals surface area contributed by atoms with Gasteiger partial charge >= 0.3 is 6.18 Å². The first kappa shape index (κ1) is 24.0. The van der Waals surface area contributed by atoms with E-state index in [0.29, 0.717) is 40.3 Å². The second-order valence-corrected chi connectivity index (χ2v) is 8.14. The lowest BCUT2D eigenvalue weighted by Crippen LogP contribution is -2.38. The van der Waals surface area contributed by atoms with Gasteiger partial charge in [0, 0.05) is 35.9 Å². The number of H-pyrrole nitrogens is 1. The Morgan fingerprint density at radius 3 is 2.68 bits per heavy atom. The molecule has 8 nitrogen and oxygen atoms in total. The van der Waals surface area contributed by atoms with Crippen molar-refractivity contribution >= 4 is 29.4 Å².